The molecule has 2 aliphatic heterocycles. The average molecular weight is 936 g/mol. The summed E-state index contributed by atoms with van der Waals surface area (Å²) in [6.07, 6.45) is 5.60. The van der Waals surface area contributed by atoms with E-state index in [9.17, 15) is 19.2 Å². The summed E-state index contributed by atoms with van der Waals surface area (Å²) in [5, 5.41) is 5.44. The minimum absolute atomic E-state index is 0.0591. The number of amides is 4. The van der Waals surface area contributed by atoms with Crippen molar-refractivity contribution in [2.24, 2.45) is 11.8 Å². The Morgan fingerprint density at radius 1 is 0.623 bits per heavy atom. The fourth-order valence-electron chi connectivity index (χ4n) is 9.61. The molecule has 4 amide bonds. The Morgan fingerprint density at radius 3 is 1.43 bits per heavy atom. The largest absolute Gasteiger partial charge is 0.453 e. The van der Waals surface area contributed by atoms with E-state index in [1.54, 1.807) is 0 Å². The molecule has 4 N–H and O–H groups in total. The number of hydrogen-bond acceptors (Lipinski definition) is 8. The van der Waals surface area contributed by atoms with Crippen molar-refractivity contribution in [3.63, 3.8) is 0 Å². The number of methoxy groups -OCH3 is 2. The first-order valence-corrected chi connectivity index (χ1v) is 24.0. The molecular weight excluding hydrogens is 871 g/mol. The topological polar surface area (TPSA) is 180 Å². The van der Waals surface area contributed by atoms with E-state index in [2.05, 4.69) is 131 Å². The van der Waals surface area contributed by atoms with Crippen LogP contribution in [0.15, 0.2) is 97.3 Å². The second-order valence-electron chi connectivity index (χ2n) is 19.9. The maximum atomic E-state index is 13.7. The summed E-state index contributed by atoms with van der Waals surface area (Å²) < 4.78 is 11.9. The van der Waals surface area contributed by atoms with Gasteiger partial charge in [0.2, 0.25) is 11.8 Å². The first kappa shape index (κ1) is 48.3. The quantitative estimate of drug-likeness (QED) is 0.0884. The Balaban J connectivity index is 1.05. The Morgan fingerprint density at radius 2 is 1.04 bits per heavy atom. The number of imidazole rings is 2. The first-order valence-electron chi connectivity index (χ1n) is 24.0. The van der Waals surface area contributed by atoms with E-state index in [1.165, 1.54) is 19.8 Å². The molecule has 69 heavy (non-hydrogen) atoms. The van der Waals surface area contributed by atoms with Gasteiger partial charge in [0, 0.05) is 18.8 Å². The lowest BCUT2D eigenvalue weighted by Gasteiger charge is -2.30. The van der Waals surface area contributed by atoms with Gasteiger partial charge in [-0.15, -0.1) is 0 Å². The van der Waals surface area contributed by atoms with Gasteiger partial charge in [0.05, 0.1) is 61.5 Å². The molecule has 3 aromatic heterocycles. The van der Waals surface area contributed by atoms with Crippen molar-refractivity contribution in [3.8, 4) is 50.7 Å². The van der Waals surface area contributed by atoms with Crippen LogP contribution in [0.25, 0.3) is 50.7 Å². The number of nitrogens with zero attached hydrogens (tertiary/aromatic N) is 5. The van der Waals surface area contributed by atoms with E-state index in [-0.39, 0.29) is 41.1 Å². The third-order valence-corrected chi connectivity index (χ3v) is 13.5. The lowest BCUT2D eigenvalue weighted by Crippen LogP contribution is -2.51. The molecule has 2 saturated heterocycles. The predicted octanol–water partition coefficient (Wildman–Crippen LogP) is 9.98. The molecule has 5 heterocycles. The van der Waals surface area contributed by atoms with Gasteiger partial charge in [-0.25, -0.2) is 19.6 Å². The minimum Gasteiger partial charge on any atom is -0.453 e. The van der Waals surface area contributed by atoms with Crippen molar-refractivity contribution in [2.75, 3.05) is 27.3 Å². The molecule has 0 bridgehead atoms. The van der Waals surface area contributed by atoms with Gasteiger partial charge in [-0.05, 0) is 95.0 Å². The zero-order valence-corrected chi connectivity index (χ0v) is 41.1. The average Bonchev–Trinajstić information content (AvgIpc) is 4.21. The molecule has 4 atom stereocenters. The lowest BCUT2D eigenvalue weighted by molar-refractivity contribution is -0.136. The van der Waals surface area contributed by atoms with Gasteiger partial charge in [0.25, 0.3) is 0 Å². The number of benzene rings is 3. The van der Waals surface area contributed by atoms with Crippen LogP contribution in [0.3, 0.4) is 0 Å². The number of carbonyl (C=O) groups excluding carboxylic acids is 4. The van der Waals surface area contributed by atoms with Gasteiger partial charge in [0.15, 0.2) is 0 Å². The highest BCUT2D eigenvalue weighted by atomic mass is 16.5. The summed E-state index contributed by atoms with van der Waals surface area (Å²) in [7, 11) is 2.59. The summed E-state index contributed by atoms with van der Waals surface area (Å²) in [5.41, 5.74) is 10.0. The number of H-pyrrole nitrogens is 2. The number of ether oxygens (including phenoxy) is 2. The number of hydrogen-bond donors (Lipinski definition) is 4. The molecule has 0 spiro atoms. The van der Waals surface area contributed by atoms with Crippen LogP contribution < -0.4 is 10.6 Å². The number of carbonyl (C=O) groups is 4. The minimum atomic E-state index is -0.705. The molecule has 1 unspecified atom stereocenters. The Hall–Kier alpha value is -7.16. The fraction of sp³-hybridized carbons (Fsp3) is 0.407. The molecule has 15 nitrogen and oxygen atoms in total. The van der Waals surface area contributed by atoms with Crippen LogP contribution in [0.2, 0.25) is 0 Å². The maximum Gasteiger partial charge on any atom is 0.407 e. The van der Waals surface area contributed by atoms with Crippen LogP contribution in [0, 0.1) is 11.8 Å². The monoisotopic (exact) mass is 936 g/mol. The van der Waals surface area contributed by atoms with Gasteiger partial charge in [0.1, 0.15) is 23.7 Å². The number of aromatic nitrogens is 5. The predicted molar refractivity (Wildman–Crippen MR) is 266 cm³/mol. The molecule has 6 aromatic rings. The lowest BCUT2D eigenvalue weighted by atomic mass is 9.87. The van der Waals surface area contributed by atoms with E-state index in [4.69, 9.17) is 19.4 Å². The van der Waals surface area contributed by atoms with Gasteiger partial charge in [-0.1, -0.05) is 109 Å². The van der Waals surface area contributed by atoms with E-state index in [0.29, 0.717) is 13.1 Å². The molecule has 2 aliphatic rings. The summed E-state index contributed by atoms with van der Waals surface area (Å²) >= 11 is 0. The molecule has 2 fully saturated rings. The first-order chi connectivity index (χ1) is 33.1. The van der Waals surface area contributed by atoms with Gasteiger partial charge < -0.3 is 44.4 Å². The summed E-state index contributed by atoms with van der Waals surface area (Å²) in [6, 6.07) is 28.1. The van der Waals surface area contributed by atoms with Crippen molar-refractivity contribution in [1.82, 2.24) is 44.9 Å². The van der Waals surface area contributed by atoms with Crippen LogP contribution >= 0.6 is 0 Å². The number of rotatable bonds is 13. The second-order valence-corrected chi connectivity index (χ2v) is 19.9. The second kappa shape index (κ2) is 20.2. The van der Waals surface area contributed by atoms with Gasteiger partial charge in [-0.2, -0.15) is 0 Å². The van der Waals surface area contributed by atoms with Crippen molar-refractivity contribution >= 4 is 24.0 Å². The van der Waals surface area contributed by atoms with Crippen LogP contribution in [0.4, 0.5) is 9.59 Å². The molecule has 0 saturated carbocycles. The number of alkyl carbamates (subject to hydrolysis) is 2. The standard InChI is InChI=1S/C54H65N9O6/c1-32(2)46(59-52(66)68-8)50(64)61-27-11-15-44(61)48-55-30-40(57-48)34-17-21-36(22-18-34)42-25-26-43(63(42)39-14-10-13-38(29-39)54(5,6)7)37-23-19-35(20-24-37)41-31-56-49(58-41)45-16-12-28-62(45)51(65)47(33(3)4)60-53(67)69-9/h10,13-14,17-26,29-33,44-47H,11-12,15-16,27-28H2,1-9H3,(H,55,57)(H,56,58)(H,59,66)(H,60,67)/t44-,45-,46-,47?/m0/s1. The maximum absolute atomic E-state index is 13.7. The third kappa shape index (κ3) is 10.2. The number of aromatic amines is 2. The zero-order valence-electron chi connectivity index (χ0n) is 41.1. The molecule has 0 radical (unpaired) electrons. The van der Waals surface area contributed by atoms with Crippen molar-refractivity contribution in [3.05, 3.63) is 115 Å². The van der Waals surface area contributed by atoms with Crippen LogP contribution in [-0.4, -0.2) is 97.7 Å². The zero-order chi connectivity index (χ0) is 49.1. The summed E-state index contributed by atoms with van der Waals surface area (Å²) in [4.78, 5) is 71.9. The highest BCUT2D eigenvalue weighted by Gasteiger charge is 2.39. The van der Waals surface area contributed by atoms with Crippen molar-refractivity contribution in [1.29, 1.82) is 0 Å². The fourth-order valence-corrected chi connectivity index (χ4v) is 9.61. The highest BCUT2D eigenvalue weighted by Crippen LogP contribution is 2.38. The highest BCUT2D eigenvalue weighted by molar-refractivity contribution is 5.87. The van der Waals surface area contributed by atoms with Crippen LogP contribution in [-0.2, 0) is 24.5 Å². The Labute approximate surface area is 404 Å². The molecule has 3 aromatic carbocycles. The summed E-state index contributed by atoms with van der Waals surface area (Å²) in [5.74, 6) is 0.907. The third-order valence-electron chi connectivity index (χ3n) is 13.5. The number of nitrogens with one attached hydrogen (secondary N) is 4. The van der Waals surface area contributed by atoms with Crippen molar-refractivity contribution in [2.45, 2.75) is 104 Å². The van der Waals surface area contributed by atoms with E-state index >= 15 is 0 Å². The Bertz CT molecular complexity index is 2620. The van der Waals surface area contributed by atoms with Crippen LogP contribution in [0.5, 0.6) is 0 Å². The van der Waals surface area contributed by atoms with E-state index in [0.717, 1.165) is 88.0 Å². The molecule has 8 rings (SSSR count). The van der Waals surface area contributed by atoms with Crippen molar-refractivity contribution < 1.29 is 28.7 Å². The van der Waals surface area contributed by atoms with E-state index in [1.807, 2.05) is 49.9 Å². The van der Waals surface area contributed by atoms with E-state index < -0.39 is 24.3 Å². The number of likely N-dealkylation sites (tertiary alicyclic amines) is 2. The molecular formula is C54H65N9O6. The normalized spacial score (nSPS) is 17.0. The molecule has 362 valence electrons. The van der Waals surface area contributed by atoms with Gasteiger partial charge in [-0.3, -0.25) is 9.59 Å². The van der Waals surface area contributed by atoms with Crippen LogP contribution in [0.1, 0.15) is 103 Å². The molecule has 0 aliphatic carbocycles. The van der Waals surface area contributed by atoms with Gasteiger partial charge >= 0.3 is 12.2 Å². The molecule has 15 heteroatoms. The SMILES string of the molecule is COC(=O)NC(C(=O)N1CCC[C@H]1c1ncc(-c2ccc(-c3ccc(-c4ccc(-c5cnc([C@@H]6CCCN6C(=O)[C@@H](NC(=O)OC)C(C)C)[nH]5)cc4)n3-c3cccc(C(C)(C)C)c3)cc2)[nH]1)C(C)C. The smallest absolute Gasteiger partial charge is 0.407 e. The summed E-state index contributed by atoms with van der Waals surface area (Å²) in [6.45, 7) is 15.5. The Kier molecular flexibility index (Phi) is 14.1.